The predicted octanol–water partition coefficient (Wildman–Crippen LogP) is 5.29. The lowest BCUT2D eigenvalue weighted by Crippen LogP contribution is -2.38. The van der Waals surface area contributed by atoms with Crippen molar-refractivity contribution in [3.05, 3.63) is 122 Å². The smallest absolute Gasteiger partial charge is 0.343 e. The first kappa shape index (κ1) is 24.8. The van der Waals surface area contributed by atoms with Gasteiger partial charge in [-0.25, -0.2) is 4.79 Å². The van der Waals surface area contributed by atoms with Crippen molar-refractivity contribution < 1.29 is 19.2 Å². The van der Waals surface area contributed by atoms with Gasteiger partial charge in [-0.15, -0.1) is 11.3 Å². The number of ether oxygens (including phenoxy) is 1. The minimum Gasteiger partial charge on any atom is -0.423 e. The summed E-state index contributed by atoms with van der Waals surface area (Å²) in [5.74, 6) is -0.438. The second-order valence-corrected chi connectivity index (χ2v) is 10.6. The molecule has 10 heteroatoms. The highest BCUT2D eigenvalue weighted by Gasteiger charge is 2.33. The SMILES string of the molecule is O=C(Oc1cccc([C@@H]2NC(=O)c3c(sc4c3CCN(Cc3ccccc3)C4)N2)c1)c1ccc([N+](=O)[O-])cc1. The number of esters is 1. The van der Waals surface area contributed by atoms with Crippen LogP contribution in [0, 0.1) is 10.1 Å². The number of fused-ring (bicyclic) bond motifs is 3. The summed E-state index contributed by atoms with van der Waals surface area (Å²) in [6, 6.07) is 22.5. The van der Waals surface area contributed by atoms with E-state index in [0.29, 0.717) is 5.75 Å². The molecule has 0 saturated heterocycles. The Morgan fingerprint density at radius 1 is 1.05 bits per heavy atom. The summed E-state index contributed by atoms with van der Waals surface area (Å²) in [6.07, 6.45) is 0.338. The minimum absolute atomic E-state index is 0.105. The van der Waals surface area contributed by atoms with Gasteiger partial charge in [0.2, 0.25) is 0 Å². The molecule has 0 unspecified atom stereocenters. The number of rotatable bonds is 6. The summed E-state index contributed by atoms with van der Waals surface area (Å²) in [7, 11) is 0. The molecule has 4 aromatic rings. The van der Waals surface area contributed by atoms with Crippen LogP contribution in [0.1, 0.15) is 48.4 Å². The highest BCUT2D eigenvalue weighted by atomic mass is 32.1. The molecular formula is C29H24N4O5S. The normalized spacial score (nSPS) is 16.4. The summed E-state index contributed by atoms with van der Waals surface area (Å²) in [5, 5.41) is 18.2. The van der Waals surface area contributed by atoms with Crippen molar-refractivity contribution in [2.24, 2.45) is 0 Å². The van der Waals surface area contributed by atoms with Gasteiger partial charge in [0.05, 0.1) is 16.1 Å². The van der Waals surface area contributed by atoms with Crippen molar-refractivity contribution in [2.45, 2.75) is 25.7 Å². The van der Waals surface area contributed by atoms with Crippen LogP contribution in [0.3, 0.4) is 0 Å². The third-order valence-corrected chi connectivity index (χ3v) is 8.03. The van der Waals surface area contributed by atoms with Crippen molar-refractivity contribution >= 4 is 33.9 Å². The monoisotopic (exact) mass is 540 g/mol. The first-order valence-electron chi connectivity index (χ1n) is 12.5. The maximum Gasteiger partial charge on any atom is 0.343 e. The molecule has 9 nitrogen and oxygen atoms in total. The number of nitrogens with zero attached hydrogens (tertiary/aromatic N) is 2. The summed E-state index contributed by atoms with van der Waals surface area (Å²) in [5.41, 5.74) is 3.95. The van der Waals surface area contributed by atoms with Gasteiger partial charge in [0.15, 0.2) is 0 Å². The third kappa shape index (κ3) is 5.12. The summed E-state index contributed by atoms with van der Waals surface area (Å²) in [6.45, 7) is 2.57. The molecule has 39 heavy (non-hydrogen) atoms. The largest absolute Gasteiger partial charge is 0.423 e. The highest BCUT2D eigenvalue weighted by molar-refractivity contribution is 7.16. The molecule has 0 bridgehead atoms. The average molecular weight is 541 g/mol. The van der Waals surface area contributed by atoms with Gasteiger partial charge in [0, 0.05) is 36.6 Å². The standard InChI is InChI=1S/C29H24N4O5S/c34-27-25-23-13-14-32(16-18-5-2-1-3-6-18)17-24(23)39-28(25)31-26(30-27)20-7-4-8-22(15-20)38-29(35)19-9-11-21(12-10-19)33(36)37/h1-12,15,26,31H,13-14,16-17H2,(H,30,34)/t26-/m1/s1. The van der Waals surface area contributed by atoms with Crippen molar-refractivity contribution in [2.75, 3.05) is 11.9 Å². The van der Waals surface area contributed by atoms with E-state index in [1.165, 1.54) is 34.7 Å². The Kier molecular flexibility index (Phi) is 6.55. The fraction of sp³-hybridized carbons (Fsp3) is 0.172. The lowest BCUT2D eigenvalue weighted by Gasteiger charge is -2.28. The van der Waals surface area contributed by atoms with Crippen LogP contribution in [-0.2, 0) is 19.5 Å². The summed E-state index contributed by atoms with van der Waals surface area (Å²) >= 11 is 1.62. The first-order valence-corrected chi connectivity index (χ1v) is 13.3. The maximum absolute atomic E-state index is 13.2. The zero-order valence-corrected chi connectivity index (χ0v) is 21.6. The molecule has 196 valence electrons. The van der Waals surface area contributed by atoms with Gasteiger partial charge in [-0.3, -0.25) is 19.8 Å². The number of non-ortho nitro benzene ring substituents is 1. The Balaban J connectivity index is 1.16. The molecule has 1 amide bonds. The molecule has 3 heterocycles. The number of thiophene rings is 1. The molecule has 2 aliphatic rings. The fourth-order valence-electron chi connectivity index (χ4n) is 4.95. The number of carbonyl (C=O) groups is 2. The van der Waals surface area contributed by atoms with Crippen molar-refractivity contribution in [3.63, 3.8) is 0 Å². The van der Waals surface area contributed by atoms with Gasteiger partial charge in [-0.2, -0.15) is 0 Å². The molecule has 6 rings (SSSR count). The van der Waals surface area contributed by atoms with Crippen molar-refractivity contribution in [1.29, 1.82) is 0 Å². The maximum atomic E-state index is 13.2. The van der Waals surface area contributed by atoms with E-state index < -0.39 is 17.1 Å². The average Bonchev–Trinajstić information content (AvgIpc) is 3.32. The number of amides is 1. The molecule has 0 saturated carbocycles. The quantitative estimate of drug-likeness (QED) is 0.148. The van der Waals surface area contributed by atoms with E-state index in [1.54, 1.807) is 29.5 Å². The fourth-order valence-corrected chi connectivity index (χ4v) is 6.27. The molecule has 1 aromatic heterocycles. The molecule has 0 radical (unpaired) electrons. The van der Waals surface area contributed by atoms with Gasteiger partial charge in [0.1, 0.15) is 16.9 Å². The number of anilines is 1. The van der Waals surface area contributed by atoms with E-state index >= 15 is 0 Å². The molecule has 0 aliphatic carbocycles. The number of nitro benzene ring substituents is 1. The minimum atomic E-state index is -0.629. The van der Waals surface area contributed by atoms with Gasteiger partial charge in [-0.1, -0.05) is 42.5 Å². The van der Waals surface area contributed by atoms with Crippen LogP contribution in [0.15, 0.2) is 78.9 Å². The Labute approximate surface area is 228 Å². The summed E-state index contributed by atoms with van der Waals surface area (Å²) in [4.78, 5) is 39.7. The van der Waals surface area contributed by atoms with Crippen molar-refractivity contribution in [3.8, 4) is 5.75 Å². The Morgan fingerprint density at radius 3 is 2.62 bits per heavy atom. The van der Waals surface area contributed by atoms with Crippen LogP contribution in [0.4, 0.5) is 10.7 Å². The Hall–Kier alpha value is -4.54. The van der Waals surface area contributed by atoms with Crippen molar-refractivity contribution in [1.82, 2.24) is 10.2 Å². The topological polar surface area (TPSA) is 114 Å². The van der Waals surface area contributed by atoms with Gasteiger partial charge < -0.3 is 15.4 Å². The lowest BCUT2D eigenvalue weighted by atomic mass is 10.00. The van der Waals surface area contributed by atoms with Crippen LogP contribution >= 0.6 is 11.3 Å². The molecular weight excluding hydrogens is 516 g/mol. The van der Waals surface area contributed by atoms with Gasteiger partial charge in [-0.05, 0) is 47.4 Å². The third-order valence-electron chi connectivity index (χ3n) is 6.88. The number of carbonyl (C=O) groups excluding carboxylic acids is 2. The van der Waals surface area contributed by atoms with Crippen LogP contribution < -0.4 is 15.4 Å². The zero-order chi connectivity index (χ0) is 26.9. The van der Waals surface area contributed by atoms with Gasteiger partial charge >= 0.3 is 5.97 Å². The molecule has 2 aliphatic heterocycles. The second-order valence-electron chi connectivity index (χ2n) is 9.47. The molecule has 0 fully saturated rings. The molecule has 0 spiro atoms. The number of nitro groups is 1. The van der Waals surface area contributed by atoms with E-state index in [0.717, 1.165) is 47.7 Å². The van der Waals surface area contributed by atoms with E-state index in [9.17, 15) is 19.7 Å². The number of hydrogen-bond donors (Lipinski definition) is 2. The molecule has 3 aromatic carbocycles. The molecule has 2 N–H and O–H groups in total. The second kappa shape index (κ2) is 10.3. The van der Waals surface area contributed by atoms with Crippen LogP contribution in [0.2, 0.25) is 0 Å². The highest BCUT2D eigenvalue weighted by Crippen LogP contribution is 2.41. The van der Waals surface area contributed by atoms with E-state index in [1.807, 2.05) is 12.1 Å². The Bertz CT molecular complexity index is 1570. The number of benzene rings is 3. The zero-order valence-electron chi connectivity index (χ0n) is 20.8. The number of nitrogens with one attached hydrogen (secondary N) is 2. The van der Waals surface area contributed by atoms with E-state index in [-0.39, 0.29) is 17.2 Å². The van der Waals surface area contributed by atoms with E-state index in [4.69, 9.17) is 4.74 Å². The Morgan fingerprint density at radius 2 is 1.85 bits per heavy atom. The van der Waals surface area contributed by atoms with E-state index in [2.05, 4.69) is 39.8 Å². The summed E-state index contributed by atoms with van der Waals surface area (Å²) < 4.78 is 5.50. The van der Waals surface area contributed by atoms with Crippen LogP contribution in [0.5, 0.6) is 5.75 Å². The van der Waals surface area contributed by atoms with Crippen LogP contribution in [-0.4, -0.2) is 28.2 Å². The lowest BCUT2D eigenvalue weighted by molar-refractivity contribution is -0.384. The predicted molar refractivity (Wildman–Crippen MR) is 147 cm³/mol. The van der Waals surface area contributed by atoms with Gasteiger partial charge in [0.25, 0.3) is 11.6 Å². The number of hydrogen-bond acceptors (Lipinski definition) is 8. The van der Waals surface area contributed by atoms with Crippen LogP contribution in [0.25, 0.3) is 0 Å². The first-order chi connectivity index (χ1) is 18.9. The molecule has 1 atom stereocenters.